The molecule has 0 aromatic rings. The molecule has 0 N–H and O–H groups in total. The maximum absolute atomic E-state index is 4.55. The monoisotopic (exact) mass is 235 g/mol. The van der Waals surface area contributed by atoms with Crippen molar-refractivity contribution in [2.45, 2.75) is 66.2 Å². The van der Waals surface area contributed by atoms with E-state index in [9.17, 15) is 0 Å². The van der Waals surface area contributed by atoms with Gasteiger partial charge in [-0.15, -0.1) is 6.58 Å². The Hall–Kier alpha value is -0.850. The molecule has 0 aliphatic heterocycles. The molecule has 0 unspecified atom stereocenters. The average molecular weight is 235 g/mol. The summed E-state index contributed by atoms with van der Waals surface area (Å²) >= 11 is 0. The zero-order chi connectivity index (χ0) is 13.1. The van der Waals surface area contributed by atoms with Crippen LogP contribution in [-0.2, 0) is 0 Å². The fourth-order valence-corrected chi connectivity index (χ4v) is 1.72. The zero-order valence-corrected chi connectivity index (χ0v) is 12.2. The molecule has 1 heteroatoms. The highest BCUT2D eigenvalue weighted by Crippen LogP contribution is 2.07. The zero-order valence-electron chi connectivity index (χ0n) is 12.2. The van der Waals surface area contributed by atoms with Crippen LogP contribution in [0.1, 0.15) is 66.2 Å². The Morgan fingerprint density at radius 3 is 2.41 bits per heavy atom. The third kappa shape index (κ3) is 11.4. The molecule has 0 radical (unpaired) electrons. The van der Waals surface area contributed by atoms with Crippen LogP contribution in [0.3, 0.4) is 0 Å². The number of unbranched alkanes of at least 4 members (excludes halogenated alkanes) is 1. The van der Waals surface area contributed by atoms with Gasteiger partial charge in [0.2, 0.25) is 0 Å². The summed E-state index contributed by atoms with van der Waals surface area (Å²) in [7, 11) is 0. The Bertz CT molecular complexity index is 271. The van der Waals surface area contributed by atoms with Crippen molar-refractivity contribution in [3.63, 3.8) is 0 Å². The average Bonchev–Trinajstić information content (AvgIpc) is 2.24. The van der Waals surface area contributed by atoms with Crippen LogP contribution in [0.2, 0.25) is 0 Å². The topological polar surface area (TPSA) is 12.4 Å². The molecule has 0 aromatic heterocycles. The van der Waals surface area contributed by atoms with Gasteiger partial charge in [-0.25, -0.2) is 0 Å². The first-order chi connectivity index (χ1) is 8.06. The summed E-state index contributed by atoms with van der Waals surface area (Å²) in [5, 5.41) is 0. The Balaban J connectivity index is 3.66. The van der Waals surface area contributed by atoms with Crippen LogP contribution in [0.25, 0.3) is 0 Å². The van der Waals surface area contributed by atoms with Gasteiger partial charge in [-0.05, 0) is 52.9 Å². The molecule has 0 rings (SSSR count). The van der Waals surface area contributed by atoms with E-state index in [2.05, 4.69) is 45.3 Å². The number of hydrogen-bond acceptors (Lipinski definition) is 1. The lowest BCUT2D eigenvalue weighted by Crippen LogP contribution is -1.94. The minimum Gasteiger partial charge on any atom is -0.294 e. The van der Waals surface area contributed by atoms with Crippen LogP contribution in [0.5, 0.6) is 0 Å². The van der Waals surface area contributed by atoms with Crippen molar-refractivity contribution in [3.8, 4) is 0 Å². The second-order valence-corrected chi connectivity index (χ2v) is 5.02. The van der Waals surface area contributed by atoms with E-state index in [1.807, 2.05) is 0 Å². The summed E-state index contributed by atoms with van der Waals surface area (Å²) in [6.45, 7) is 13.5. The van der Waals surface area contributed by atoms with Crippen molar-refractivity contribution in [3.05, 3.63) is 23.8 Å². The Morgan fingerprint density at radius 2 is 1.82 bits per heavy atom. The molecule has 0 aromatic carbocycles. The van der Waals surface area contributed by atoms with Crippen molar-refractivity contribution in [2.75, 3.05) is 6.54 Å². The fraction of sp³-hybridized carbons (Fsp3) is 0.688. The molecule has 0 fully saturated rings. The molecule has 0 atom stereocenters. The summed E-state index contributed by atoms with van der Waals surface area (Å²) in [4.78, 5) is 4.55. The van der Waals surface area contributed by atoms with Gasteiger partial charge in [0, 0.05) is 12.3 Å². The first-order valence-corrected chi connectivity index (χ1v) is 6.86. The summed E-state index contributed by atoms with van der Waals surface area (Å²) in [6.07, 6.45) is 9.45. The Morgan fingerprint density at radius 1 is 1.12 bits per heavy atom. The predicted octanol–water partition coefficient (Wildman–Crippen LogP) is 5.33. The molecule has 0 aliphatic rings. The number of allylic oxidation sites excluding steroid dienone is 2. The van der Waals surface area contributed by atoms with Gasteiger partial charge in [0.05, 0.1) is 0 Å². The maximum Gasteiger partial charge on any atom is 0.0425 e. The van der Waals surface area contributed by atoms with Gasteiger partial charge in [0.1, 0.15) is 0 Å². The smallest absolute Gasteiger partial charge is 0.0425 e. The van der Waals surface area contributed by atoms with Crippen molar-refractivity contribution < 1.29 is 0 Å². The summed E-state index contributed by atoms with van der Waals surface area (Å²) in [5.74, 6) is 0. The molecule has 0 amide bonds. The van der Waals surface area contributed by atoms with Crippen molar-refractivity contribution >= 4 is 5.71 Å². The number of nitrogens with zero attached hydrogens (tertiary/aromatic N) is 1. The Labute approximate surface area is 108 Å². The maximum atomic E-state index is 4.55. The first-order valence-electron chi connectivity index (χ1n) is 6.86. The van der Waals surface area contributed by atoms with E-state index in [0.29, 0.717) is 0 Å². The van der Waals surface area contributed by atoms with Crippen molar-refractivity contribution in [2.24, 2.45) is 4.99 Å². The number of hydrogen-bond donors (Lipinski definition) is 0. The van der Waals surface area contributed by atoms with Crippen LogP contribution < -0.4 is 0 Å². The molecule has 0 spiro atoms. The van der Waals surface area contributed by atoms with E-state index in [0.717, 1.165) is 19.4 Å². The van der Waals surface area contributed by atoms with Gasteiger partial charge >= 0.3 is 0 Å². The molecule has 0 saturated carbocycles. The number of aliphatic imine (C=N–C) groups is 1. The van der Waals surface area contributed by atoms with E-state index in [4.69, 9.17) is 0 Å². The first kappa shape index (κ1) is 16.1. The van der Waals surface area contributed by atoms with Crippen molar-refractivity contribution in [1.29, 1.82) is 0 Å². The van der Waals surface area contributed by atoms with Gasteiger partial charge in [0.25, 0.3) is 0 Å². The third-order valence-electron chi connectivity index (χ3n) is 2.80. The van der Waals surface area contributed by atoms with Gasteiger partial charge < -0.3 is 0 Å². The third-order valence-corrected chi connectivity index (χ3v) is 2.80. The quantitative estimate of drug-likeness (QED) is 0.291. The summed E-state index contributed by atoms with van der Waals surface area (Å²) in [5.41, 5.74) is 4.04. The highest BCUT2D eigenvalue weighted by atomic mass is 14.7. The lowest BCUT2D eigenvalue weighted by Gasteiger charge is -2.01. The Kier molecular flexibility index (Phi) is 9.80. The molecular weight excluding hydrogens is 206 g/mol. The SMILES string of the molecule is C=C(C)CCN=C(C)CCCC=C(C)CCC. The van der Waals surface area contributed by atoms with Gasteiger partial charge in [-0.1, -0.05) is 30.6 Å². The molecule has 98 valence electrons. The van der Waals surface area contributed by atoms with E-state index in [-0.39, 0.29) is 0 Å². The van der Waals surface area contributed by atoms with Gasteiger partial charge in [0.15, 0.2) is 0 Å². The highest BCUT2D eigenvalue weighted by Gasteiger charge is 1.93. The van der Waals surface area contributed by atoms with E-state index in [1.165, 1.54) is 42.5 Å². The summed E-state index contributed by atoms with van der Waals surface area (Å²) < 4.78 is 0. The van der Waals surface area contributed by atoms with Crippen LogP contribution in [-0.4, -0.2) is 12.3 Å². The summed E-state index contributed by atoms with van der Waals surface area (Å²) in [6, 6.07) is 0. The molecule has 0 saturated heterocycles. The normalized spacial score (nSPS) is 12.9. The molecule has 0 bridgehead atoms. The van der Waals surface area contributed by atoms with Crippen molar-refractivity contribution in [1.82, 2.24) is 0 Å². The minimum absolute atomic E-state index is 0.909. The van der Waals surface area contributed by atoms with Crippen LogP contribution >= 0.6 is 0 Å². The van der Waals surface area contributed by atoms with Crippen LogP contribution in [0.15, 0.2) is 28.8 Å². The minimum atomic E-state index is 0.909. The fourth-order valence-electron chi connectivity index (χ4n) is 1.72. The van der Waals surface area contributed by atoms with E-state index in [1.54, 1.807) is 0 Å². The second-order valence-electron chi connectivity index (χ2n) is 5.02. The van der Waals surface area contributed by atoms with Gasteiger partial charge in [-0.3, -0.25) is 4.99 Å². The van der Waals surface area contributed by atoms with Crippen LogP contribution in [0.4, 0.5) is 0 Å². The molecule has 1 nitrogen and oxygen atoms in total. The molecule has 0 aliphatic carbocycles. The second kappa shape index (κ2) is 10.3. The predicted molar refractivity (Wildman–Crippen MR) is 79.9 cm³/mol. The molecular formula is C16H29N. The lowest BCUT2D eigenvalue weighted by molar-refractivity contribution is 0.846. The van der Waals surface area contributed by atoms with Crippen LogP contribution in [0, 0.1) is 0 Å². The molecule has 17 heavy (non-hydrogen) atoms. The highest BCUT2D eigenvalue weighted by molar-refractivity contribution is 5.81. The largest absolute Gasteiger partial charge is 0.294 e. The van der Waals surface area contributed by atoms with Gasteiger partial charge in [-0.2, -0.15) is 0 Å². The van der Waals surface area contributed by atoms with E-state index < -0.39 is 0 Å². The van der Waals surface area contributed by atoms with E-state index >= 15 is 0 Å². The number of rotatable bonds is 9. The molecule has 0 heterocycles. The standard InChI is InChI=1S/C16H29N/c1-6-9-15(4)10-7-8-11-16(5)17-13-12-14(2)3/h10H,2,6-9,11-13H2,1,3-5H3. The lowest BCUT2D eigenvalue weighted by atomic mass is 10.1.